The van der Waals surface area contributed by atoms with Gasteiger partial charge in [0.25, 0.3) is 0 Å². The molecule has 0 saturated heterocycles. The van der Waals surface area contributed by atoms with Crippen molar-refractivity contribution in [2.75, 3.05) is 6.61 Å². The number of hydrogen-bond donors (Lipinski definition) is 4. The van der Waals surface area contributed by atoms with E-state index in [0.717, 1.165) is 5.56 Å². The highest BCUT2D eigenvalue weighted by Gasteiger charge is 2.14. The number of benzene rings is 1. The highest BCUT2D eigenvalue weighted by Crippen LogP contribution is 2.04. The Bertz CT molecular complexity index is 401. The second-order valence-corrected chi connectivity index (χ2v) is 3.46. The Hall–Kier alpha value is -1.92. The van der Waals surface area contributed by atoms with Crippen molar-refractivity contribution in [2.24, 2.45) is 0 Å². The second kappa shape index (κ2) is 5.97. The van der Waals surface area contributed by atoms with Crippen LogP contribution in [0.4, 0.5) is 0 Å². The standard InChI is InChI=1S/C11H13NO5/c13-6-9(11(16)17)12-5-7-1-3-8(4-2-7)10(14)15/h1-4,9,12-13H,5-6H2,(H,14,15)(H,16,17)/t9-/m0/s1. The van der Waals surface area contributed by atoms with Gasteiger partial charge in [0, 0.05) is 6.54 Å². The van der Waals surface area contributed by atoms with E-state index in [1.54, 1.807) is 12.1 Å². The maximum absolute atomic E-state index is 10.6. The molecule has 1 atom stereocenters. The van der Waals surface area contributed by atoms with Crippen molar-refractivity contribution in [2.45, 2.75) is 12.6 Å². The highest BCUT2D eigenvalue weighted by atomic mass is 16.4. The second-order valence-electron chi connectivity index (χ2n) is 3.46. The molecule has 0 amide bonds. The fourth-order valence-corrected chi connectivity index (χ4v) is 1.24. The number of nitrogens with one attached hydrogen (secondary N) is 1. The molecule has 0 heterocycles. The molecule has 0 spiro atoms. The van der Waals surface area contributed by atoms with Crippen LogP contribution in [0.2, 0.25) is 0 Å². The molecule has 0 fully saturated rings. The van der Waals surface area contributed by atoms with E-state index in [1.165, 1.54) is 12.1 Å². The molecule has 0 saturated carbocycles. The van der Waals surface area contributed by atoms with Gasteiger partial charge in [0.05, 0.1) is 12.2 Å². The summed E-state index contributed by atoms with van der Waals surface area (Å²) in [5.41, 5.74) is 0.917. The van der Waals surface area contributed by atoms with E-state index >= 15 is 0 Å². The van der Waals surface area contributed by atoms with Gasteiger partial charge in [0.15, 0.2) is 0 Å². The van der Waals surface area contributed by atoms with E-state index in [1.807, 2.05) is 0 Å². The number of carbonyl (C=O) groups is 2. The van der Waals surface area contributed by atoms with E-state index in [-0.39, 0.29) is 12.1 Å². The maximum atomic E-state index is 10.6. The average molecular weight is 239 g/mol. The number of hydrogen-bond acceptors (Lipinski definition) is 4. The molecule has 0 bridgehead atoms. The Labute approximate surface area is 97.5 Å². The first-order valence-corrected chi connectivity index (χ1v) is 4.94. The fraction of sp³-hybridized carbons (Fsp3) is 0.273. The molecule has 1 rings (SSSR count). The van der Waals surface area contributed by atoms with Crippen LogP contribution in [0, 0.1) is 0 Å². The molecular weight excluding hydrogens is 226 g/mol. The van der Waals surface area contributed by atoms with Crippen LogP contribution in [-0.2, 0) is 11.3 Å². The average Bonchev–Trinajstić information content (AvgIpc) is 2.30. The zero-order chi connectivity index (χ0) is 12.8. The van der Waals surface area contributed by atoms with Crippen LogP contribution < -0.4 is 5.32 Å². The van der Waals surface area contributed by atoms with Gasteiger partial charge in [0.1, 0.15) is 6.04 Å². The molecule has 6 heteroatoms. The van der Waals surface area contributed by atoms with Crippen LogP contribution >= 0.6 is 0 Å². The Morgan fingerprint density at radius 3 is 2.18 bits per heavy atom. The summed E-state index contributed by atoms with van der Waals surface area (Å²) in [7, 11) is 0. The molecular formula is C11H13NO5. The van der Waals surface area contributed by atoms with Crippen molar-refractivity contribution in [3.05, 3.63) is 35.4 Å². The molecule has 17 heavy (non-hydrogen) atoms. The third kappa shape index (κ3) is 3.86. The number of aromatic carboxylic acids is 1. The molecule has 0 aliphatic heterocycles. The Balaban J connectivity index is 2.58. The predicted octanol–water partition coefficient (Wildman–Crippen LogP) is -0.0801. The van der Waals surface area contributed by atoms with Gasteiger partial charge in [-0.1, -0.05) is 12.1 Å². The predicted molar refractivity (Wildman–Crippen MR) is 58.8 cm³/mol. The van der Waals surface area contributed by atoms with E-state index in [2.05, 4.69) is 5.32 Å². The van der Waals surface area contributed by atoms with Crippen molar-refractivity contribution >= 4 is 11.9 Å². The third-order valence-corrected chi connectivity index (χ3v) is 2.23. The summed E-state index contributed by atoms with van der Waals surface area (Å²) in [5, 5.41) is 28.8. The Morgan fingerprint density at radius 1 is 1.18 bits per heavy atom. The fourth-order valence-electron chi connectivity index (χ4n) is 1.24. The number of carboxylic acid groups (broad SMARTS) is 2. The van der Waals surface area contributed by atoms with Crippen LogP contribution in [0.5, 0.6) is 0 Å². The van der Waals surface area contributed by atoms with E-state index in [4.69, 9.17) is 15.3 Å². The van der Waals surface area contributed by atoms with Crippen LogP contribution in [-0.4, -0.2) is 39.9 Å². The molecule has 0 aliphatic rings. The van der Waals surface area contributed by atoms with Crippen molar-refractivity contribution < 1.29 is 24.9 Å². The molecule has 6 nitrogen and oxygen atoms in total. The lowest BCUT2D eigenvalue weighted by Crippen LogP contribution is -2.39. The van der Waals surface area contributed by atoms with Gasteiger partial charge >= 0.3 is 11.9 Å². The van der Waals surface area contributed by atoms with Crippen LogP contribution in [0.1, 0.15) is 15.9 Å². The SMILES string of the molecule is O=C(O)c1ccc(CN[C@@H](CO)C(=O)O)cc1. The first kappa shape index (κ1) is 13.1. The van der Waals surface area contributed by atoms with E-state index in [0.29, 0.717) is 0 Å². The van der Waals surface area contributed by atoms with E-state index in [9.17, 15) is 9.59 Å². The maximum Gasteiger partial charge on any atom is 0.335 e. The molecule has 1 aromatic rings. The lowest BCUT2D eigenvalue weighted by atomic mass is 10.1. The van der Waals surface area contributed by atoms with E-state index < -0.39 is 24.6 Å². The summed E-state index contributed by atoms with van der Waals surface area (Å²) in [6, 6.07) is 5.04. The monoisotopic (exact) mass is 239 g/mol. The summed E-state index contributed by atoms with van der Waals surface area (Å²) in [5.74, 6) is -2.14. The number of carboxylic acids is 2. The smallest absolute Gasteiger partial charge is 0.335 e. The van der Waals surface area contributed by atoms with Crippen molar-refractivity contribution in [1.82, 2.24) is 5.32 Å². The Morgan fingerprint density at radius 2 is 1.76 bits per heavy atom. The summed E-state index contributed by atoms with van der Waals surface area (Å²) in [6.45, 7) is -0.250. The van der Waals surface area contributed by atoms with Crippen LogP contribution in [0.15, 0.2) is 24.3 Å². The minimum atomic E-state index is -1.13. The minimum absolute atomic E-state index is 0.172. The molecule has 0 aromatic heterocycles. The molecule has 0 radical (unpaired) electrons. The first-order chi connectivity index (χ1) is 8.04. The van der Waals surface area contributed by atoms with Gasteiger partial charge in [-0.25, -0.2) is 4.79 Å². The number of rotatable bonds is 6. The van der Waals surface area contributed by atoms with Crippen molar-refractivity contribution in [3.8, 4) is 0 Å². The normalized spacial score (nSPS) is 12.1. The molecule has 0 unspecified atom stereocenters. The zero-order valence-corrected chi connectivity index (χ0v) is 8.96. The molecule has 0 aliphatic carbocycles. The van der Waals surface area contributed by atoms with Crippen molar-refractivity contribution in [1.29, 1.82) is 0 Å². The lowest BCUT2D eigenvalue weighted by molar-refractivity contribution is -0.140. The molecule has 1 aromatic carbocycles. The quantitative estimate of drug-likeness (QED) is 0.553. The summed E-state index contributed by atoms with van der Waals surface area (Å²) in [6.07, 6.45) is 0. The topological polar surface area (TPSA) is 107 Å². The van der Waals surface area contributed by atoms with Crippen molar-refractivity contribution in [3.63, 3.8) is 0 Å². The van der Waals surface area contributed by atoms with Gasteiger partial charge in [-0.05, 0) is 17.7 Å². The number of aliphatic hydroxyl groups excluding tert-OH is 1. The Kier molecular flexibility index (Phi) is 4.62. The number of aliphatic hydroxyl groups is 1. The summed E-state index contributed by atoms with van der Waals surface area (Å²) < 4.78 is 0. The molecule has 92 valence electrons. The van der Waals surface area contributed by atoms with Gasteiger partial charge in [-0.2, -0.15) is 0 Å². The zero-order valence-electron chi connectivity index (χ0n) is 8.96. The van der Waals surface area contributed by atoms with Crippen LogP contribution in [0.3, 0.4) is 0 Å². The van der Waals surface area contributed by atoms with Crippen LogP contribution in [0.25, 0.3) is 0 Å². The van der Waals surface area contributed by atoms with Gasteiger partial charge in [-0.3, -0.25) is 10.1 Å². The van der Waals surface area contributed by atoms with Gasteiger partial charge in [0.2, 0.25) is 0 Å². The van der Waals surface area contributed by atoms with Gasteiger partial charge < -0.3 is 15.3 Å². The first-order valence-electron chi connectivity index (χ1n) is 4.94. The largest absolute Gasteiger partial charge is 0.480 e. The minimum Gasteiger partial charge on any atom is -0.480 e. The number of aliphatic carboxylic acids is 1. The highest BCUT2D eigenvalue weighted by molar-refractivity contribution is 5.87. The molecule has 4 N–H and O–H groups in total. The third-order valence-electron chi connectivity index (χ3n) is 2.23. The van der Waals surface area contributed by atoms with Gasteiger partial charge in [-0.15, -0.1) is 0 Å². The lowest BCUT2D eigenvalue weighted by Gasteiger charge is -2.11. The summed E-state index contributed by atoms with van der Waals surface area (Å²) in [4.78, 5) is 21.2. The summed E-state index contributed by atoms with van der Waals surface area (Å²) >= 11 is 0.